The summed E-state index contributed by atoms with van der Waals surface area (Å²) in [5, 5.41) is 9.80. The molecule has 4 heteroatoms. The van der Waals surface area contributed by atoms with Crippen LogP contribution < -0.4 is 0 Å². The van der Waals surface area contributed by atoms with Crippen LogP contribution in [0.4, 0.5) is 4.39 Å². The fourth-order valence-corrected chi connectivity index (χ4v) is 3.37. The zero-order chi connectivity index (χ0) is 18.0. The summed E-state index contributed by atoms with van der Waals surface area (Å²) in [5.41, 5.74) is 5.51. The van der Waals surface area contributed by atoms with E-state index in [2.05, 4.69) is 11.6 Å². The highest BCUT2D eigenvalue weighted by atomic mass is 19.1. The summed E-state index contributed by atoms with van der Waals surface area (Å²) >= 11 is 0. The highest BCUT2D eigenvalue weighted by Crippen LogP contribution is 2.41. The van der Waals surface area contributed by atoms with Gasteiger partial charge in [-0.3, -0.25) is 4.98 Å². The Labute approximate surface area is 147 Å². The molecule has 0 spiro atoms. The number of benzene rings is 1. The van der Waals surface area contributed by atoms with Crippen molar-refractivity contribution in [3.05, 3.63) is 65.2 Å². The average Bonchev–Trinajstić information content (AvgIpc) is 3.06. The highest BCUT2D eigenvalue weighted by molar-refractivity contribution is 5.94. The van der Waals surface area contributed by atoms with E-state index >= 15 is 0 Å². The van der Waals surface area contributed by atoms with E-state index in [0.29, 0.717) is 17.9 Å². The zero-order valence-electron chi connectivity index (χ0n) is 14.6. The maximum absolute atomic E-state index is 14.2. The summed E-state index contributed by atoms with van der Waals surface area (Å²) in [6.45, 7) is 8.17. The molecule has 25 heavy (non-hydrogen) atoms. The molecule has 2 aromatic rings. The minimum absolute atomic E-state index is 0.143. The summed E-state index contributed by atoms with van der Waals surface area (Å²) in [6.07, 6.45) is 4.20. The van der Waals surface area contributed by atoms with Crippen LogP contribution in [0.5, 0.6) is 5.75 Å². The van der Waals surface area contributed by atoms with Crippen LogP contribution in [0.25, 0.3) is 16.9 Å². The van der Waals surface area contributed by atoms with Crippen molar-refractivity contribution in [1.82, 2.24) is 4.98 Å². The number of halogens is 1. The molecule has 3 nitrogen and oxygen atoms in total. The van der Waals surface area contributed by atoms with E-state index in [0.717, 1.165) is 47.2 Å². The SMILES string of the molecule is C=C(OCC)c1cc(F)cc(C2=C(c3cc(O)cnc3C)CCC2)c1. The Balaban J connectivity index is 2.10. The lowest BCUT2D eigenvalue weighted by atomic mass is 9.95. The molecule has 0 saturated carbocycles. The second kappa shape index (κ2) is 7.09. The fourth-order valence-electron chi connectivity index (χ4n) is 3.37. The Morgan fingerprint density at radius 1 is 1.24 bits per heavy atom. The lowest BCUT2D eigenvalue weighted by molar-refractivity contribution is 0.299. The molecule has 130 valence electrons. The molecule has 0 fully saturated rings. The molecule has 0 unspecified atom stereocenters. The van der Waals surface area contributed by atoms with Crippen LogP contribution in [0.2, 0.25) is 0 Å². The quantitative estimate of drug-likeness (QED) is 0.748. The first-order chi connectivity index (χ1) is 12.0. The predicted octanol–water partition coefficient (Wildman–Crippen LogP) is 5.34. The molecule has 0 amide bonds. The number of aromatic nitrogens is 1. The first-order valence-electron chi connectivity index (χ1n) is 8.50. The summed E-state index contributed by atoms with van der Waals surface area (Å²) in [6, 6.07) is 6.66. The van der Waals surface area contributed by atoms with Gasteiger partial charge in [0, 0.05) is 16.8 Å². The van der Waals surface area contributed by atoms with Gasteiger partial charge in [-0.25, -0.2) is 4.39 Å². The molecule has 0 atom stereocenters. The third-order valence-electron chi connectivity index (χ3n) is 4.50. The Bertz CT molecular complexity index is 855. The number of hydrogen-bond acceptors (Lipinski definition) is 3. The number of allylic oxidation sites excluding steroid dienone is 2. The van der Waals surface area contributed by atoms with Crippen molar-refractivity contribution in [2.24, 2.45) is 0 Å². The van der Waals surface area contributed by atoms with Gasteiger partial charge in [0.2, 0.25) is 0 Å². The van der Waals surface area contributed by atoms with E-state index in [1.165, 1.54) is 12.3 Å². The molecule has 0 radical (unpaired) electrons. The van der Waals surface area contributed by atoms with Crippen LogP contribution in [0.1, 0.15) is 48.6 Å². The Morgan fingerprint density at radius 3 is 2.76 bits per heavy atom. The monoisotopic (exact) mass is 339 g/mol. The number of aromatic hydroxyl groups is 1. The molecule has 1 aliphatic carbocycles. The van der Waals surface area contributed by atoms with Gasteiger partial charge < -0.3 is 9.84 Å². The summed E-state index contributed by atoms with van der Waals surface area (Å²) in [4.78, 5) is 4.25. The maximum atomic E-state index is 14.2. The van der Waals surface area contributed by atoms with Crippen LogP contribution in [0, 0.1) is 12.7 Å². The molecule has 1 N–H and O–H groups in total. The Morgan fingerprint density at radius 2 is 2.00 bits per heavy atom. The minimum atomic E-state index is -0.308. The predicted molar refractivity (Wildman–Crippen MR) is 98.4 cm³/mol. The molecule has 0 saturated heterocycles. The molecule has 1 aliphatic rings. The zero-order valence-corrected chi connectivity index (χ0v) is 14.6. The van der Waals surface area contributed by atoms with Crippen molar-refractivity contribution in [2.75, 3.05) is 6.61 Å². The topological polar surface area (TPSA) is 42.4 Å². The van der Waals surface area contributed by atoms with Crippen molar-refractivity contribution in [2.45, 2.75) is 33.1 Å². The average molecular weight is 339 g/mol. The highest BCUT2D eigenvalue weighted by Gasteiger charge is 2.21. The smallest absolute Gasteiger partial charge is 0.134 e. The third-order valence-corrected chi connectivity index (χ3v) is 4.50. The second-order valence-corrected chi connectivity index (χ2v) is 6.22. The lowest BCUT2D eigenvalue weighted by Crippen LogP contribution is -1.96. The van der Waals surface area contributed by atoms with Gasteiger partial charge in [-0.1, -0.05) is 6.58 Å². The number of aryl methyl sites for hydroxylation is 1. The molecule has 1 aromatic heterocycles. The van der Waals surface area contributed by atoms with E-state index in [1.807, 2.05) is 19.9 Å². The molecule has 1 aromatic carbocycles. The van der Waals surface area contributed by atoms with E-state index < -0.39 is 0 Å². The van der Waals surface area contributed by atoms with Gasteiger partial charge in [0.25, 0.3) is 0 Å². The third kappa shape index (κ3) is 3.58. The molecule has 1 heterocycles. The second-order valence-electron chi connectivity index (χ2n) is 6.22. The van der Waals surface area contributed by atoms with Gasteiger partial charge in [0.15, 0.2) is 0 Å². The van der Waals surface area contributed by atoms with Gasteiger partial charge >= 0.3 is 0 Å². The lowest BCUT2D eigenvalue weighted by Gasteiger charge is -2.13. The Kier molecular flexibility index (Phi) is 4.88. The first-order valence-corrected chi connectivity index (χ1v) is 8.50. The van der Waals surface area contributed by atoms with Crippen molar-refractivity contribution >= 4 is 16.9 Å². The maximum Gasteiger partial charge on any atom is 0.134 e. The van der Waals surface area contributed by atoms with E-state index in [9.17, 15) is 9.50 Å². The molecule has 0 bridgehead atoms. The summed E-state index contributed by atoms with van der Waals surface area (Å²) < 4.78 is 19.6. The van der Waals surface area contributed by atoms with Crippen molar-refractivity contribution in [3.8, 4) is 5.75 Å². The van der Waals surface area contributed by atoms with E-state index in [1.54, 1.807) is 12.1 Å². The largest absolute Gasteiger partial charge is 0.506 e. The van der Waals surface area contributed by atoms with Crippen LogP contribution in [0.3, 0.4) is 0 Å². The number of pyridine rings is 1. The van der Waals surface area contributed by atoms with Gasteiger partial charge in [-0.05, 0) is 74.1 Å². The van der Waals surface area contributed by atoms with Crippen LogP contribution >= 0.6 is 0 Å². The molecule has 3 rings (SSSR count). The molecular weight excluding hydrogens is 317 g/mol. The van der Waals surface area contributed by atoms with Crippen LogP contribution in [-0.2, 0) is 4.74 Å². The number of rotatable bonds is 5. The van der Waals surface area contributed by atoms with Crippen LogP contribution in [0.15, 0.2) is 37.0 Å². The van der Waals surface area contributed by atoms with Crippen molar-refractivity contribution in [1.29, 1.82) is 0 Å². The van der Waals surface area contributed by atoms with Gasteiger partial charge in [-0.2, -0.15) is 0 Å². The van der Waals surface area contributed by atoms with Gasteiger partial charge in [0.1, 0.15) is 17.3 Å². The van der Waals surface area contributed by atoms with Gasteiger partial charge in [-0.15, -0.1) is 0 Å². The van der Waals surface area contributed by atoms with Crippen molar-refractivity contribution in [3.63, 3.8) is 0 Å². The number of hydrogen-bond donors (Lipinski definition) is 1. The number of nitrogens with zero attached hydrogens (tertiary/aromatic N) is 1. The number of ether oxygens (including phenoxy) is 1. The van der Waals surface area contributed by atoms with E-state index in [4.69, 9.17) is 4.74 Å². The first kappa shape index (κ1) is 17.2. The Hall–Kier alpha value is -2.62. The summed E-state index contributed by atoms with van der Waals surface area (Å²) in [5.74, 6) is 0.306. The summed E-state index contributed by atoms with van der Waals surface area (Å²) in [7, 11) is 0. The van der Waals surface area contributed by atoms with Crippen LogP contribution in [-0.4, -0.2) is 16.7 Å². The van der Waals surface area contributed by atoms with Gasteiger partial charge in [0.05, 0.1) is 12.8 Å². The standard InChI is InChI=1S/C21H22FNO2/c1-4-25-14(3)15-8-16(10-17(22)9-15)19-6-5-7-20(19)21-11-18(24)12-23-13(21)2/h8-12,24H,3-7H2,1-2H3. The molecular formula is C21H22FNO2. The normalized spacial score (nSPS) is 14.0. The molecule has 0 aliphatic heterocycles. The van der Waals surface area contributed by atoms with Crippen molar-refractivity contribution < 1.29 is 14.2 Å². The minimum Gasteiger partial charge on any atom is -0.506 e. The fraction of sp³-hybridized carbons (Fsp3) is 0.286. The van der Waals surface area contributed by atoms with E-state index in [-0.39, 0.29) is 11.6 Å².